The molecule has 21 heavy (non-hydrogen) atoms. The van der Waals surface area contributed by atoms with Crippen LogP contribution in [0.25, 0.3) is 5.78 Å². The van der Waals surface area contributed by atoms with Gasteiger partial charge in [-0.15, -0.1) is 0 Å². The normalized spacial score (nSPS) is 19.0. The lowest BCUT2D eigenvalue weighted by molar-refractivity contribution is 0.251. The molecule has 5 nitrogen and oxygen atoms in total. The van der Waals surface area contributed by atoms with E-state index in [-0.39, 0.29) is 0 Å². The fourth-order valence-corrected chi connectivity index (χ4v) is 3.15. The van der Waals surface area contributed by atoms with Crippen LogP contribution < -0.4 is 5.32 Å². The minimum absolute atomic E-state index is 0.643. The number of fused-ring (bicyclic) bond motifs is 1. The molecule has 1 N–H and O–H groups in total. The summed E-state index contributed by atoms with van der Waals surface area (Å²) in [6.07, 6.45) is 4.72. The van der Waals surface area contributed by atoms with E-state index in [1.54, 1.807) is 0 Å². The van der Waals surface area contributed by atoms with Crippen molar-refractivity contribution >= 4 is 5.78 Å². The van der Waals surface area contributed by atoms with Gasteiger partial charge in [0.15, 0.2) is 0 Å². The van der Waals surface area contributed by atoms with Crippen LogP contribution in [-0.2, 0) is 6.54 Å². The molecule has 1 aliphatic heterocycles. The standard InChI is InChI=1S/C16H25N5/c1-4-20(9-14-6-5-7-17-14)10-15-11-21-13(3)8-12(2)18-16(21)19-15/h8,11,14,17H,4-7,9-10H2,1-3H3. The second-order valence-corrected chi connectivity index (χ2v) is 6.06. The summed E-state index contributed by atoms with van der Waals surface area (Å²) in [5.74, 6) is 0.817. The number of likely N-dealkylation sites (N-methyl/N-ethyl adjacent to an activating group) is 1. The first-order chi connectivity index (χ1) is 10.2. The SMILES string of the molecule is CCN(Cc1cn2c(C)cc(C)nc2n1)CC1CCCN1. The lowest BCUT2D eigenvalue weighted by atomic mass is 10.2. The highest BCUT2D eigenvalue weighted by Gasteiger charge is 2.18. The van der Waals surface area contributed by atoms with E-state index in [0.717, 1.165) is 36.8 Å². The van der Waals surface area contributed by atoms with E-state index in [9.17, 15) is 0 Å². The highest BCUT2D eigenvalue weighted by molar-refractivity contribution is 5.34. The molecule has 0 spiro atoms. The molecule has 0 radical (unpaired) electrons. The van der Waals surface area contributed by atoms with Crippen LogP contribution in [0.3, 0.4) is 0 Å². The first-order valence-corrected chi connectivity index (χ1v) is 7.93. The molecule has 5 heteroatoms. The van der Waals surface area contributed by atoms with E-state index in [2.05, 4.69) is 50.7 Å². The Hall–Kier alpha value is -1.46. The average molecular weight is 287 g/mol. The maximum Gasteiger partial charge on any atom is 0.234 e. The van der Waals surface area contributed by atoms with Crippen LogP contribution in [0.5, 0.6) is 0 Å². The second-order valence-electron chi connectivity index (χ2n) is 6.06. The number of hydrogen-bond donors (Lipinski definition) is 1. The Morgan fingerprint density at radius 1 is 1.38 bits per heavy atom. The quantitative estimate of drug-likeness (QED) is 0.912. The number of nitrogens with one attached hydrogen (secondary N) is 1. The first-order valence-electron chi connectivity index (χ1n) is 7.93. The van der Waals surface area contributed by atoms with E-state index >= 15 is 0 Å². The van der Waals surface area contributed by atoms with E-state index in [1.807, 2.05) is 6.92 Å². The van der Waals surface area contributed by atoms with Gasteiger partial charge in [-0.05, 0) is 45.8 Å². The molecule has 1 aliphatic rings. The third-order valence-electron chi connectivity index (χ3n) is 4.29. The second kappa shape index (κ2) is 6.12. The van der Waals surface area contributed by atoms with Gasteiger partial charge in [0.2, 0.25) is 5.78 Å². The maximum absolute atomic E-state index is 4.69. The van der Waals surface area contributed by atoms with Crippen molar-refractivity contribution in [1.82, 2.24) is 24.6 Å². The molecule has 3 rings (SSSR count). The van der Waals surface area contributed by atoms with Crippen molar-refractivity contribution in [2.75, 3.05) is 19.6 Å². The van der Waals surface area contributed by atoms with Crippen LogP contribution >= 0.6 is 0 Å². The monoisotopic (exact) mass is 287 g/mol. The van der Waals surface area contributed by atoms with Gasteiger partial charge >= 0.3 is 0 Å². The summed E-state index contributed by atoms with van der Waals surface area (Å²) in [7, 11) is 0. The Balaban J connectivity index is 1.74. The van der Waals surface area contributed by atoms with E-state index in [4.69, 9.17) is 0 Å². The van der Waals surface area contributed by atoms with Gasteiger partial charge in [0.25, 0.3) is 0 Å². The van der Waals surface area contributed by atoms with Gasteiger partial charge in [-0.1, -0.05) is 6.92 Å². The molecule has 114 valence electrons. The number of imidazole rings is 1. The van der Waals surface area contributed by atoms with Crippen LogP contribution in [0.1, 0.15) is 36.8 Å². The zero-order valence-corrected chi connectivity index (χ0v) is 13.3. The van der Waals surface area contributed by atoms with Gasteiger partial charge in [0.1, 0.15) is 0 Å². The van der Waals surface area contributed by atoms with Gasteiger partial charge in [-0.3, -0.25) is 9.30 Å². The molecule has 2 aromatic heterocycles. The number of rotatable bonds is 5. The summed E-state index contributed by atoms with van der Waals surface area (Å²) in [5, 5.41) is 3.57. The Morgan fingerprint density at radius 3 is 2.95 bits per heavy atom. The van der Waals surface area contributed by atoms with Crippen molar-refractivity contribution in [3.05, 3.63) is 29.3 Å². The van der Waals surface area contributed by atoms with Crippen molar-refractivity contribution in [3.63, 3.8) is 0 Å². The number of nitrogens with zero attached hydrogens (tertiary/aromatic N) is 4. The molecule has 0 saturated carbocycles. The summed E-state index contributed by atoms with van der Waals surface area (Å²) in [4.78, 5) is 11.7. The molecular formula is C16H25N5. The van der Waals surface area contributed by atoms with Gasteiger partial charge in [0.05, 0.1) is 5.69 Å². The Bertz CT molecular complexity index is 612. The van der Waals surface area contributed by atoms with Crippen LogP contribution in [-0.4, -0.2) is 44.9 Å². The molecule has 3 heterocycles. The molecule has 1 unspecified atom stereocenters. The average Bonchev–Trinajstić information content (AvgIpc) is 3.07. The summed E-state index contributed by atoms with van der Waals surface area (Å²) in [6.45, 7) is 10.6. The van der Waals surface area contributed by atoms with Crippen LogP contribution in [0.2, 0.25) is 0 Å². The summed E-state index contributed by atoms with van der Waals surface area (Å²) in [6, 6.07) is 2.74. The number of aromatic nitrogens is 3. The molecule has 1 fully saturated rings. The topological polar surface area (TPSA) is 45.5 Å². The summed E-state index contributed by atoms with van der Waals surface area (Å²) >= 11 is 0. The van der Waals surface area contributed by atoms with Gasteiger partial charge in [0, 0.05) is 36.7 Å². The molecule has 0 bridgehead atoms. The van der Waals surface area contributed by atoms with E-state index in [0.29, 0.717) is 6.04 Å². The third kappa shape index (κ3) is 3.24. The number of aryl methyl sites for hydroxylation is 2. The largest absolute Gasteiger partial charge is 0.313 e. The van der Waals surface area contributed by atoms with Crippen molar-refractivity contribution in [3.8, 4) is 0 Å². The van der Waals surface area contributed by atoms with Gasteiger partial charge in [-0.25, -0.2) is 9.97 Å². The smallest absolute Gasteiger partial charge is 0.234 e. The van der Waals surface area contributed by atoms with Crippen molar-refractivity contribution in [2.24, 2.45) is 0 Å². The molecule has 1 atom stereocenters. The number of hydrogen-bond acceptors (Lipinski definition) is 4. The molecule has 0 amide bonds. The molecule has 2 aromatic rings. The summed E-state index contributed by atoms with van der Waals surface area (Å²) in [5.41, 5.74) is 3.33. The Kier molecular flexibility index (Phi) is 4.22. The van der Waals surface area contributed by atoms with E-state index in [1.165, 1.54) is 25.1 Å². The minimum atomic E-state index is 0.643. The van der Waals surface area contributed by atoms with Crippen molar-refractivity contribution < 1.29 is 0 Å². The highest BCUT2D eigenvalue weighted by atomic mass is 15.2. The molecule has 1 saturated heterocycles. The van der Waals surface area contributed by atoms with Crippen LogP contribution in [0.4, 0.5) is 0 Å². The maximum atomic E-state index is 4.69. The van der Waals surface area contributed by atoms with Gasteiger partial charge in [-0.2, -0.15) is 0 Å². The van der Waals surface area contributed by atoms with Crippen LogP contribution in [0, 0.1) is 13.8 Å². The lowest BCUT2D eigenvalue weighted by Crippen LogP contribution is -2.37. The zero-order chi connectivity index (χ0) is 14.8. The van der Waals surface area contributed by atoms with Gasteiger partial charge < -0.3 is 5.32 Å². The predicted octanol–water partition coefficient (Wildman–Crippen LogP) is 1.92. The van der Waals surface area contributed by atoms with Crippen molar-refractivity contribution in [2.45, 2.75) is 46.2 Å². The Morgan fingerprint density at radius 2 is 2.24 bits per heavy atom. The molecule has 0 aliphatic carbocycles. The fraction of sp³-hybridized carbons (Fsp3) is 0.625. The Labute approximate surface area is 126 Å². The highest BCUT2D eigenvalue weighted by Crippen LogP contribution is 2.12. The minimum Gasteiger partial charge on any atom is -0.313 e. The lowest BCUT2D eigenvalue weighted by Gasteiger charge is -2.23. The van der Waals surface area contributed by atoms with E-state index < -0.39 is 0 Å². The van der Waals surface area contributed by atoms with Crippen molar-refractivity contribution in [1.29, 1.82) is 0 Å². The summed E-state index contributed by atoms with van der Waals surface area (Å²) < 4.78 is 2.09. The molecule has 0 aromatic carbocycles. The predicted molar refractivity (Wildman–Crippen MR) is 84.4 cm³/mol. The third-order valence-corrected chi connectivity index (χ3v) is 4.29. The fourth-order valence-electron chi connectivity index (χ4n) is 3.15. The van der Waals surface area contributed by atoms with Crippen LogP contribution in [0.15, 0.2) is 12.3 Å². The molecular weight excluding hydrogens is 262 g/mol. The first kappa shape index (κ1) is 14.5. The zero-order valence-electron chi connectivity index (χ0n) is 13.3.